The number of rotatable bonds is 13. The van der Waals surface area contributed by atoms with Crippen LogP contribution in [0.3, 0.4) is 0 Å². The number of aryl methyl sites for hydroxylation is 1. The first-order valence-electron chi connectivity index (χ1n) is 15.8. The van der Waals surface area contributed by atoms with Crippen molar-refractivity contribution in [2.75, 3.05) is 26.3 Å². The van der Waals surface area contributed by atoms with Gasteiger partial charge in [-0.2, -0.15) is 13.2 Å². The van der Waals surface area contributed by atoms with Gasteiger partial charge in [0.25, 0.3) is 0 Å². The molecule has 49 heavy (non-hydrogen) atoms. The van der Waals surface area contributed by atoms with Gasteiger partial charge in [0.15, 0.2) is 5.75 Å². The van der Waals surface area contributed by atoms with Crippen LogP contribution in [0.2, 0.25) is 15.1 Å². The van der Waals surface area contributed by atoms with Crippen LogP contribution in [-0.4, -0.2) is 55.5 Å². The second kappa shape index (κ2) is 18.1. The molecule has 3 N–H and O–H groups in total. The minimum Gasteiger partial charge on any atom is -0.656 e. The molecule has 2 aliphatic rings. The molecule has 1 saturated carbocycles. The number of carboxylic acids is 1. The highest BCUT2D eigenvalue weighted by Gasteiger charge is 2.32. The highest BCUT2D eigenvalue weighted by atomic mass is 35.5. The monoisotopic (exact) mass is 742 g/mol. The lowest BCUT2D eigenvalue weighted by molar-refractivity contribution is -0.154. The molecule has 8 nitrogen and oxygen atoms in total. The molecule has 1 heterocycles. The third-order valence-corrected chi connectivity index (χ3v) is 8.81. The van der Waals surface area contributed by atoms with Crippen molar-refractivity contribution in [1.29, 1.82) is 0 Å². The van der Waals surface area contributed by atoms with E-state index in [1.165, 1.54) is 0 Å². The summed E-state index contributed by atoms with van der Waals surface area (Å²) < 4.78 is 47.5. The zero-order chi connectivity index (χ0) is 35.6. The molecular weight excluding hydrogens is 706 g/mol. The molecule has 2 fully saturated rings. The number of hydrogen-bond donors (Lipinski definition) is 3. The quantitative estimate of drug-likeness (QED) is 0.152. The van der Waals surface area contributed by atoms with Crippen LogP contribution in [0, 0.1) is 12.8 Å². The van der Waals surface area contributed by atoms with E-state index in [1.54, 1.807) is 30.3 Å². The maximum absolute atomic E-state index is 12.0. The Kier molecular flexibility index (Phi) is 14.3. The highest BCUT2D eigenvalue weighted by molar-refractivity contribution is 6.37. The molecule has 1 amide bonds. The number of hydrogen-bond acceptors (Lipinski definition) is 5. The summed E-state index contributed by atoms with van der Waals surface area (Å²) in [5.74, 6) is -1.03. The largest absolute Gasteiger partial charge is 0.656 e. The van der Waals surface area contributed by atoms with Gasteiger partial charge in [0.1, 0.15) is 25.4 Å². The zero-order valence-corrected chi connectivity index (χ0v) is 29.1. The van der Waals surface area contributed by atoms with E-state index in [0.29, 0.717) is 64.5 Å². The Morgan fingerprint density at radius 1 is 0.959 bits per heavy atom. The molecule has 14 heteroatoms. The van der Waals surface area contributed by atoms with E-state index >= 15 is 0 Å². The van der Waals surface area contributed by atoms with E-state index in [0.717, 1.165) is 42.5 Å². The number of alkyl halides is 3. The van der Waals surface area contributed by atoms with Crippen molar-refractivity contribution in [2.45, 2.75) is 63.8 Å². The number of benzene rings is 3. The normalized spacial score (nSPS) is 17.4. The molecule has 1 aliphatic carbocycles. The van der Waals surface area contributed by atoms with Crippen LogP contribution in [0.25, 0.3) is 5.32 Å². The molecule has 1 saturated heterocycles. The first-order chi connectivity index (χ1) is 23.3. The number of piperidine rings is 1. The SMILES string of the molecule is Cc1cc(Cl)c(OCCOc2ccc([C@H]3CCNC[C@@H]3C(=O)O)cc2)c(Cl)c1.O=C(CC(F)(F)F)NCc1ccc(Cl)c(C[N-]C2CC2)c1. The van der Waals surface area contributed by atoms with Crippen molar-refractivity contribution >= 4 is 46.7 Å². The van der Waals surface area contributed by atoms with Gasteiger partial charge in [-0.05, 0) is 78.4 Å². The van der Waals surface area contributed by atoms with E-state index < -0.39 is 30.4 Å². The predicted octanol–water partition coefficient (Wildman–Crippen LogP) is 8.48. The van der Waals surface area contributed by atoms with Gasteiger partial charge in [0.2, 0.25) is 5.91 Å². The second-order valence-electron chi connectivity index (χ2n) is 11.9. The standard InChI is InChI=1S/C21H23Cl2NO4.C14H15ClF3N2O/c1-13-10-18(22)20(19(23)11-13)28-9-8-27-15-4-2-14(3-5-15)16-6-7-24-12-17(16)21(25)26;15-12-4-1-9(5-10(12)8-19-11-2-3-11)7-20-13(21)6-14(16,17)18/h2-5,10-11,16-17,24H,6-9,12H2,1H3,(H,25,26);1,4-5,11H,2-3,6-8H2,(H,20,21)/q;-1/t16-,17+;/m1./s1. The molecule has 0 spiro atoms. The number of carbonyl (C=O) groups excluding carboxylic acids is 1. The van der Waals surface area contributed by atoms with E-state index in [1.807, 2.05) is 31.2 Å². The van der Waals surface area contributed by atoms with Gasteiger partial charge in [-0.1, -0.05) is 71.9 Å². The number of nitrogens with one attached hydrogen (secondary N) is 2. The third kappa shape index (κ3) is 12.9. The predicted molar refractivity (Wildman–Crippen MR) is 184 cm³/mol. The summed E-state index contributed by atoms with van der Waals surface area (Å²) in [5, 5.41) is 20.8. The highest BCUT2D eigenvalue weighted by Crippen LogP contribution is 2.35. The van der Waals surface area contributed by atoms with Gasteiger partial charge in [-0.15, -0.1) is 12.6 Å². The minimum atomic E-state index is -4.49. The summed E-state index contributed by atoms with van der Waals surface area (Å²) >= 11 is 18.4. The van der Waals surface area contributed by atoms with Crippen molar-refractivity contribution in [3.05, 3.63) is 97.2 Å². The number of nitrogens with zero attached hydrogens (tertiary/aromatic N) is 1. The Labute approximate surface area is 298 Å². The number of carboxylic acid groups (broad SMARTS) is 1. The summed E-state index contributed by atoms with van der Waals surface area (Å²) in [7, 11) is 0. The lowest BCUT2D eigenvalue weighted by Gasteiger charge is -2.29. The van der Waals surface area contributed by atoms with Crippen molar-refractivity contribution in [2.24, 2.45) is 5.92 Å². The molecule has 266 valence electrons. The number of halogens is 6. The number of carbonyl (C=O) groups is 2. The third-order valence-electron chi connectivity index (χ3n) is 7.88. The van der Waals surface area contributed by atoms with Gasteiger partial charge < -0.3 is 30.5 Å². The Morgan fingerprint density at radius 3 is 2.27 bits per heavy atom. The molecular formula is C35H38Cl3F3N3O5-. The first-order valence-corrected chi connectivity index (χ1v) is 16.9. The van der Waals surface area contributed by atoms with Gasteiger partial charge in [-0.3, -0.25) is 9.59 Å². The molecule has 0 aromatic heterocycles. The molecule has 2 atom stereocenters. The Bertz CT molecular complexity index is 1550. The maximum atomic E-state index is 12.0. The van der Waals surface area contributed by atoms with Gasteiger partial charge in [-0.25, -0.2) is 0 Å². The molecule has 1 aliphatic heterocycles. The van der Waals surface area contributed by atoms with E-state index in [-0.39, 0.29) is 12.5 Å². The minimum absolute atomic E-state index is 0.0157. The van der Waals surface area contributed by atoms with Crippen LogP contribution in [0.15, 0.2) is 54.6 Å². The van der Waals surface area contributed by atoms with Crippen LogP contribution in [0.1, 0.15) is 53.9 Å². The van der Waals surface area contributed by atoms with Crippen LogP contribution >= 0.6 is 34.8 Å². The summed E-state index contributed by atoms with van der Waals surface area (Å²) in [6.45, 7) is 4.42. The van der Waals surface area contributed by atoms with Gasteiger partial charge in [0.05, 0.1) is 16.0 Å². The number of aliphatic carboxylic acids is 1. The summed E-state index contributed by atoms with van der Waals surface area (Å²) in [6, 6.07) is 16.7. The van der Waals surface area contributed by atoms with E-state index in [9.17, 15) is 27.9 Å². The second-order valence-corrected chi connectivity index (χ2v) is 13.2. The zero-order valence-electron chi connectivity index (χ0n) is 26.8. The van der Waals surface area contributed by atoms with Crippen molar-refractivity contribution in [1.82, 2.24) is 10.6 Å². The molecule has 3 aromatic carbocycles. The first kappa shape index (κ1) is 38.6. The Balaban J connectivity index is 0.000000230. The van der Waals surface area contributed by atoms with Crippen molar-refractivity contribution < 1.29 is 37.3 Å². The average molecular weight is 744 g/mol. The summed E-state index contributed by atoms with van der Waals surface area (Å²) in [6.07, 6.45) is -2.94. The van der Waals surface area contributed by atoms with Crippen molar-refractivity contribution in [3.8, 4) is 11.5 Å². The Hall–Kier alpha value is -3.22. The number of ether oxygens (including phenoxy) is 2. The van der Waals surface area contributed by atoms with Crippen molar-refractivity contribution in [3.63, 3.8) is 0 Å². The smallest absolute Gasteiger partial charge is 0.397 e. The van der Waals surface area contributed by atoms with E-state index in [4.69, 9.17) is 44.3 Å². The van der Waals surface area contributed by atoms with Crippen LogP contribution < -0.4 is 20.1 Å². The lowest BCUT2D eigenvalue weighted by atomic mass is 9.81. The van der Waals surface area contributed by atoms with Gasteiger partial charge >= 0.3 is 12.1 Å². The van der Waals surface area contributed by atoms with Crippen LogP contribution in [0.5, 0.6) is 11.5 Å². The average Bonchev–Trinajstić information content (AvgIpc) is 3.87. The fourth-order valence-electron chi connectivity index (χ4n) is 5.24. The van der Waals surface area contributed by atoms with Crippen LogP contribution in [0.4, 0.5) is 13.2 Å². The molecule has 0 unspecified atom stereocenters. The fraction of sp³-hybridized carbons (Fsp3) is 0.429. The molecule has 5 rings (SSSR count). The molecule has 0 bridgehead atoms. The molecule has 3 aromatic rings. The van der Waals surface area contributed by atoms with E-state index in [2.05, 4.69) is 16.0 Å². The Morgan fingerprint density at radius 2 is 1.63 bits per heavy atom. The fourth-order valence-corrected chi connectivity index (χ4v) is 6.13. The van der Waals surface area contributed by atoms with Crippen LogP contribution in [-0.2, 0) is 22.7 Å². The summed E-state index contributed by atoms with van der Waals surface area (Å²) in [4.78, 5) is 22.6. The lowest BCUT2D eigenvalue weighted by Crippen LogP contribution is -2.39. The van der Waals surface area contributed by atoms with Gasteiger partial charge in [0, 0.05) is 18.1 Å². The summed E-state index contributed by atoms with van der Waals surface area (Å²) in [5.41, 5.74) is 3.52. The number of amides is 1. The maximum Gasteiger partial charge on any atom is 0.397 e. The molecule has 0 radical (unpaired) electrons. The topological polar surface area (TPSA) is 111 Å².